The number of rotatable bonds is 1. The number of aromatic nitrogens is 2. The van der Waals surface area contributed by atoms with E-state index >= 15 is 0 Å². The van der Waals surface area contributed by atoms with Gasteiger partial charge >= 0.3 is 5.69 Å². The van der Waals surface area contributed by atoms with Crippen LogP contribution in [0, 0.1) is 12.3 Å². The van der Waals surface area contributed by atoms with E-state index in [1.807, 2.05) is 39.8 Å². The molecule has 0 radical (unpaired) electrons. The molecule has 4 nitrogen and oxygen atoms in total. The topological polar surface area (TPSA) is 68.9 Å². The SMILES string of the molecule is Cc1cc2[nH]c(=O)[nH]c2cc1C(O)C(C)(C)C. The predicted molar refractivity (Wildman–Crippen MR) is 68.1 cm³/mol. The lowest BCUT2D eigenvalue weighted by molar-refractivity contribution is 0.0622. The number of aliphatic hydroxyl groups is 1. The van der Waals surface area contributed by atoms with E-state index in [9.17, 15) is 9.90 Å². The highest BCUT2D eigenvalue weighted by molar-refractivity contribution is 5.76. The summed E-state index contributed by atoms with van der Waals surface area (Å²) < 4.78 is 0. The number of aryl methyl sites for hydroxylation is 1. The monoisotopic (exact) mass is 234 g/mol. The molecular formula is C13H18N2O2. The number of fused-ring (bicyclic) bond motifs is 1. The minimum atomic E-state index is -0.551. The fraction of sp³-hybridized carbons (Fsp3) is 0.462. The molecule has 0 aliphatic carbocycles. The number of aliphatic hydroxyl groups excluding tert-OH is 1. The molecule has 0 saturated carbocycles. The first-order chi connectivity index (χ1) is 7.79. The van der Waals surface area contributed by atoms with Gasteiger partial charge in [-0.25, -0.2) is 4.79 Å². The highest BCUT2D eigenvalue weighted by atomic mass is 16.3. The van der Waals surface area contributed by atoms with Crippen LogP contribution in [0.3, 0.4) is 0 Å². The summed E-state index contributed by atoms with van der Waals surface area (Å²) in [7, 11) is 0. The van der Waals surface area contributed by atoms with Gasteiger partial charge in [-0.1, -0.05) is 20.8 Å². The van der Waals surface area contributed by atoms with Crippen LogP contribution in [-0.2, 0) is 0 Å². The molecule has 0 saturated heterocycles. The first-order valence-electron chi connectivity index (χ1n) is 5.69. The summed E-state index contributed by atoms with van der Waals surface area (Å²) >= 11 is 0. The van der Waals surface area contributed by atoms with E-state index in [0.717, 1.165) is 22.2 Å². The molecule has 2 aromatic rings. The molecule has 0 spiro atoms. The van der Waals surface area contributed by atoms with Crippen LogP contribution in [0.25, 0.3) is 11.0 Å². The van der Waals surface area contributed by atoms with Gasteiger partial charge in [0.05, 0.1) is 17.1 Å². The normalized spacial score (nSPS) is 14.2. The minimum absolute atomic E-state index is 0.221. The second kappa shape index (κ2) is 3.74. The smallest absolute Gasteiger partial charge is 0.323 e. The second-order valence-corrected chi connectivity index (χ2v) is 5.60. The predicted octanol–water partition coefficient (Wildman–Crippen LogP) is 2.24. The molecule has 1 aromatic carbocycles. The Bertz CT molecular complexity index is 602. The van der Waals surface area contributed by atoms with Gasteiger partial charge in [0.2, 0.25) is 0 Å². The number of hydrogen-bond donors (Lipinski definition) is 3. The van der Waals surface area contributed by atoms with Crippen LogP contribution >= 0.6 is 0 Å². The van der Waals surface area contributed by atoms with Crippen molar-refractivity contribution in [2.75, 3.05) is 0 Å². The van der Waals surface area contributed by atoms with Gasteiger partial charge in [0.1, 0.15) is 0 Å². The zero-order chi connectivity index (χ0) is 12.8. The van der Waals surface area contributed by atoms with E-state index in [4.69, 9.17) is 0 Å². The van der Waals surface area contributed by atoms with Gasteiger partial charge in [0.25, 0.3) is 0 Å². The summed E-state index contributed by atoms with van der Waals surface area (Å²) in [6.45, 7) is 7.90. The average molecular weight is 234 g/mol. The Kier molecular flexibility index (Phi) is 2.62. The first-order valence-corrected chi connectivity index (χ1v) is 5.69. The maximum atomic E-state index is 11.2. The van der Waals surface area contributed by atoms with E-state index in [1.165, 1.54) is 0 Å². The van der Waals surface area contributed by atoms with E-state index in [2.05, 4.69) is 9.97 Å². The zero-order valence-corrected chi connectivity index (χ0v) is 10.6. The summed E-state index contributed by atoms with van der Waals surface area (Å²) in [4.78, 5) is 16.6. The van der Waals surface area contributed by atoms with Crippen LogP contribution in [0.5, 0.6) is 0 Å². The Balaban J connectivity index is 2.61. The van der Waals surface area contributed by atoms with Crippen LogP contribution in [0.2, 0.25) is 0 Å². The van der Waals surface area contributed by atoms with Gasteiger partial charge < -0.3 is 15.1 Å². The van der Waals surface area contributed by atoms with E-state index in [-0.39, 0.29) is 11.1 Å². The number of imidazole rings is 1. The van der Waals surface area contributed by atoms with Crippen LogP contribution in [0.15, 0.2) is 16.9 Å². The van der Waals surface area contributed by atoms with Crippen molar-refractivity contribution in [2.24, 2.45) is 5.41 Å². The van der Waals surface area contributed by atoms with Crippen molar-refractivity contribution in [3.63, 3.8) is 0 Å². The largest absolute Gasteiger partial charge is 0.388 e. The van der Waals surface area contributed by atoms with Gasteiger partial charge in [-0.2, -0.15) is 0 Å². The van der Waals surface area contributed by atoms with Crippen molar-refractivity contribution in [3.8, 4) is 0 Å². The van der Waals surface area contributed by atoms with E-state index in [0.29, 0.717) is 0 Å². The summed E-state index contributed by atoms with van der Waals surface area (Å²) in [5.74, 6) is 0. The molecular weight excluding hydrogens is 216 g/mol. The van der Waals surface area contributed by atoms with Crippen LogP contribution in [-0.4, -0.2) is 15.1 Å². The van der Waals surface area contributed by atoms with Gasteiger partial charge in [-0.15, -0.1) is 0 Å². The third-order valence-corrected chi connectivity index (χ3v) is 3.02. The van der Waals surface area contributed by atoms with E-state index in [1.54, 1.807) is 0 Å². The quantitative estimate of drug-likeness (QED) is 0.708. The van der Waals surface area contributed by atoms with Crippen LogP contribution in [0.4, 0.5) is 0 Å². The molecule has 0 amide bonds. The van der Waals surface area contributed by atoms with Crippen molar-refractivity contribution in [1.82, 2.24) is 9.97 Å². The molecule has 4 heteroatoms. The highest BCUT2D eigenvalue weighted by Crippen LogP contribution is 2.35. The molecule has 17 heavy (non-hydrogen) atoms. The minimum Gasteiger partial charge on any atom is -0.388 e. The average Bonchev–Trinajstić information content (AvgIpc) is 2.53. The van der Waals surface area contributed by atoms with E-state index < -0.39 is 6.10 Å². The molecule has 0 bridgehead atoms. The van der Waals surface area contributed by atoms with Gasteiger partial charge in [0.15, 0.2) is 0 Å². The number of nitrogens with one attached hydrogen (secondary N) is 2. The Morgan fingerprint density at radius 2 is 1.71 bits per heavy atom. The Morgan fingerprint density at radius 1 is 1.18 bits per heavy atom. The number of benzene rings is 1. The molecule has 1 unspecified atom stereocenters. The molecule has 2 rings (SSSR count). The fourth-order valence-electron chi connectivity index (χ4n) is 1.97. The third kappa shape index (κ3) is 2.13. The molecule has 92 valence electrons. The lowest BCUT2D eigenvalue weighted by Crippen LogP contribution is -2.18. The summed E-state index contributed by atoms with van der Waals surface area (Å²) in [5, 5.41) is 10.3. The lowest BCUT2D eigenvalue weighted by Gasteiger charge is -2.27. The number of H-pyrrole nitrogens is 2. The van der Waals surface area contributed by atoms with Crippen molar-refractivity contribution in [1.29, 1.82) is 0 Å². The Hall–Kier alpha value is -1.55. The summed E-state index contributed by atoms with van der Waals surface area (Å²) in [6, 6.07) is 3.73. The van der Waals surface area contributed by atoms with Crippen molar-refractivity contribution in [2.45, 2.75) is 33.8 Å². The first kappa shape index (κ1) is 11.9. The molecule has 1 atom stereocenters. The van der Waals surface area contributed by atoms with Crippen LogP contribution in [0.1, 0.15) is 38.0 Å². The number of aromatic amines is 2. The molecule has 0 aliphatic heterocycles. The summed E-state index contributed by atoms with van der Waals surface area (Å²) in [5.41, 5.74) is 2.91. The van der Waals surface area contributed by atoms with Gasteiger partial charge in [-0.3, -0.25) is 0 Å². The molecule has 0 fully saturated rings. The fourth-order valence-corrected chi connectivity index (χ4v) is 1.97. The second-order valence-electron chi connectivity index (χ2n) is 5.60. The highest BCUT2D eigenvalue weighted by Gasteiger charge is 2.25. The Labute approximate surface area is 99.7 Å². The van der Waals surface area contributed by atoms with Crippen LogP contribution < -0.4 is 5.69 Å². The molecule has 0 aliphatic rings. The van der Waals surface area contributed by atoms with Crippen molar-refractivity contribution < 1.29 is 5.11 Å². The third-order valence-electron chi connectivity index (χ3n) is 3.02. The summed E-state index contributed by atoms with van der Waals surface area (Å²) in [6.07, 6.45) is -0.551. The van der Waals surface area contributed by atoms with Crippen molar-refractivity contribution >= 4 is 11.0 Å². The maximum Gasteiger partial charge on any atom is 0.323 e. The zero-order valence-electron chi connectivity index (χ0n) is 10.6. The molecule has 3 N–H and O–H groups in total. The lowest BCUT2D eigenvalue weighted by atomic mass is 9.83. The van der Waals surface area contributed by atoms with Gasteiger partial charge in [-0.05, 0) is 35.6 Å². The Morgan fingerprint density at radius 3 is 2.24 bits per heavy atom. The standard InChI is InChI=1S/C13H18N2O2/c1-7-5-9-10(15-12(17)14-9)6-8(7)11(16)13(2,3)4/h5-6,11,16H,1-4H3,(H2,14,15,17). The molecule has 1 aromatic heterocycles. The molecule has 1 heterocycles. The van der Waals surface area contributed by atoms with Crippen molar-refractivity contribution in [3.05, 3.63) is 33.7 Å². The maximum absolute atomic E-state index is 11.2. The van der Waals surface area contributed by atoms with Gasteiger partial charge in [0, 0.05) is 0 Å². The number of hydrogen-bond acceptors (Lipinski definition) is 2.